The van der Waals surface area contributed by atoms with E-state index >= 15 is 0 Å². The summed E-state index contributed by atoms with van der Waals surface area (Å²) >= 11 is 0. The molecule has 2 atom stereocenters. The number of carbonyl (C=O) groups is 1. The summed E-state index contributed by atoms with van der Waals surface area (Å²) in [6.45, 7) is 1.33. The molecule has 6 heteroatoms. The predicted molar refractivity (Wildman–Crippen MR) is 57.9 cm³/mol. The lowest BCUT2D eigenvalue weighted by Crippen LogP contribution is -2.44. The molecular formula is C10H20N2O4. The second kappa shape index (κ2) is 6.15. The molecule has 4 N–H and O–H groups in total. The van der Waals surface area contributed by atoms with E-state index in [-0.39, 0.29) is 31.6 Å². The lowest BCUT2D eigenvalue weighted by molar-refractivity contribution is -0.124. The molecule has 0 aromatic carbocycles. The van der Waals surface area contributed by atoms with Crippen LogP contribution in [0.2, 0.25) is 0 Å². The van der Waals surface area contributed by atoms with E-state index in [2.05, 4.69) is 5.32 Å². The lowest BCUT2D eigenvalue weighted by Gasteiger charge is -2.21. The number of hydrogen-bond donors (Lipinski definition) is 3. The van der Waals surface area contributed by atoms with Gasteiger partial charge in [-0.3, -0.25) is 4.79 Å². The predicted octanol–water partition coefficient (Wildman–Crippen LogP) is -1.38. The SMILES string of the molecule is COC(CN)CC(=O)NCC1(O)CCOC1. The molecule has 1 amide bonds. The number of ether oxygens (including phenoxy) is 2. The molecule has 1 saturated heterocycles. The average molecular weight is 232 g/mol. The van der Waals surface area contributed by atoms with Gasteiger partial charge in [-0.25, -0.2) is 0 Å². The summed E-state index contributed by atoms with van der Waals surface area (Å²) in [4.78, 5) is 11.5. The zero-order chi connectivity index (χ0) is 12.0. The number of rotatable bonds is 6. The van der Waals surface area contributed by atoms with Gasteiger partial charge < -0.3 is 25.6 Å². The number of amides is 1. The number of aliphatic hydroxyl groups is 1. The Morgan fingerprint density at radius 3 is 3.00 bits per heavy atom. The summed E-state index contributed by atoms with van der Waals surface area (Å²) in [6, 6.07) is 0. The molecule has 0 spiro atoms. The van der Waals surface area contributed by atoms with Crippen LogP contribution in [0, 0.1) is 0 Å². The van der Waals surface area contributed by atoms with Crippen LogP contribution < -0.4 is 11.1 Å². The molecule has 0 radical (unpaired) electrons. The highest BCUT2D eigenvalue weighted by molar-refractivity contribution is 5.76. The van der Waals surface area contributed by atoms with E-state index in [1.54, 1.807) is 0 Å². The number of hydrogen-bond acceptors (Lipinski definition) is 5. The molecule has 1 aliphatic heterocycles. The van der Waals surface area contributed by atoms with Crippen LogP contribution in [0.5, 0.6) is 0 Å². The molecule has 1 fully saturated rings. The number of nitrogens with one attached hydrogen (secondary N) is 1. The Hall–Kier alpha value is -0.690. The van der Waals surface area contributed by atoms with Crippen molar-refractivity contribution < 1.29 is 19.4 Å². The maximum absolute atomic E-state index is 11.5. The minimum atomic E-state index is -0.916. The maximum atomic E-state index is 11.5. The Labute approximate surface area is 95.1 Å². The van der Waals surface area contributed by atoms with Gasteiger partial charge in [-0.05, 0) is 0 Å². The van der Waals surface area contributed by atoms with E-state index in [4.69, 9.17) is 15.2 Å². The van der Waals surface area contributed by atoms with Crippen LogP contribution in [0.15, 0.2) is 0 Å². The Morgan fingerprint density at radius 1 is 1.75 bits per heavy atom. The minimum absolute atomic E-state index is 0.169. The first-order valence-electron chi connectivity index (χ1n) is 5.39. The van der Waals surface area contributed by atoms with Gasteiger partial charge in [0.15, 0.2) is 0 Å². The molecule has 16 heavy (non-hydrogen) atoms. The fourth-order valence-corrected chi connectivity index (χ4v) is 1.54. The van der Waals surface area contributed by atoms with Crippen LogP contribution in [-0.4, -0.2) is 56.1 Å². The third-order valence-corrected chi connectivity index (χ3v) is 2.71. The highest BCUT2D eigenvalue weighted by Crippen LogP contribution is 2.16. The highest BCUT2D eigenvalue weighted by Gasteiger charge is 2.32. The smallest absolute Gasteiger partial charge is 0.222 e. The molecule has 0 saturated carbocycles. The van der Waals surface area contributed by atoms with Crippen LogP contribution in [0.25, 0.3) is 0 Å². The molecule has 94 valence electrons. The zero-order valence-electron chi connectivity index (χ0n) is 9.57. The summed E-state index contributed by atoms with van der Waals surface area (Å²) in [5, 5.41) is 12.6. The first-order valence-corrected chi connectivity index (χ1v) is 5.39. The molecule has 0 bridgehead atoms. The van der Waals surface area contributed by atoms with Crippen molar-refractivity contribution in [2.45, 2.75) is 24.5 Å². The Kier molecular flexibility index (Phi) is 5.14. The standard InChI is InChI=1S/C10H20N2O4/c1-15-8(5-11)4-9(13)12-6-10(14)2-3-16-7-10/h8,14H,2-7,11H2,1H3,(H,12,13). The first-order chi connectivity index (χ1) is 7.59. The normalized spacial score (nSPS) is 26.7. The molecule has 2 unspecified atom stereocenters. The summed E-state index contributed by atoms with van der Waals surface area (Å²) < 4.78 is 10.1. The van der Waals surface area contributed by atoms with E-state index in [0.29, 0.717) is 19.6 Å². The van der Waals surface area contributed by atoms with Gasteiger partial charge in [0.2, 0.25) is 5.91 Å². The molecule has 1 aliphatic rings. The summed E-state index contributed by atoms with van der Waals surface area (Å²) in [7, 11) is 1.52. The summed E-state index contributed by atoms with van der Waals surface area (Å²) in [5.41, 5.74) is 4.49. The monoisotopic (exact) mass is 232 g/mol. The first kappa shape index (κ1) is 13.4. The van der Waals surface area contributed by atoms with Crippen molar-refractivity contribution in [2.24, 2.45) is 5.73 Å². The molecular weight excluding hydrogens is 212 g/mol. The van der Waals surface area contributed by atoms with Gasteiger partial charge in [0, 0.05) is 33.2 Å². The van der Waals surface area contributed by atoms with Gasteiger partial charge in [0.05, 0.1) is 19.1 Å². The second-order valence-electron chi connectivity index (χ2n) is 4.10. The Balaban J connectivity index is 2.24. The molecule has 6 nitrogen and oxygen atoms in total. The van der Waals surface area contributed by atoms with Crippen LogP contribution in [-0.2, 0) is 14.3 Å². The largest absolute Gasteiger partial charge is 0.386 e. The van der Waals surface area contributed by atoms with E-state index in [1.165, 1.54) is 7.11 Å². The number of carbonyl (C=O) groups excluding carboxylic acids is 1. The third-order valence-electron chi connectivity index (χ3n) is 2.71. The van der Waals surface area contributed by atoms with Crippen molar-refractivity contribution in [3.8, 4) is 0 Å². The van der Waals surface area contributed by atoms with Crippen molar-refractivity contribution in [1.82, 2.24) is 5.32 Å². The number of nitrogens with two attached hydrogens (primary N) is 1. The van der Waals surface area contributed by atoms with Crippen LogP contribution in [0.3, 0.4) is 0 Å². The van der Waals surface area contributed by atoms with Gasteiger partial charge in [-0.2, -0.15) is 0 Å². The van der Waals surface area contributed by atoms with Crippen LogP contribution in [0.1, 0.15) is 12.8 Å². The van der Waals surface area contributed by atoms with Crippen molar-refractivity contribution in [3.05, 3.63) is 0 Å². The third kappa shape index (κ3) is 4.05. The van der Waals surface area contributed by atoms with E-state index in [9.17, 15) is 9.90 Å². The van der Waals surface area contributed by atoms with Crippen molar-refractivity contribution in [2.75, 3.05) is 33.4 Å². The van der Waals surface area contributed by atoms with Crippen molar-refractivity contribution in [3.63, 3.8) is 0 Å². The Bertz CT molecular complexity index is 225. The van der Waals surface area contributed by atoms with Gasteiger partial charge in [0.25, 0.3) is 0 Å². The fourth-order valence-electron chi connectivity index (χ4n) is 1.54. The molecule has 0 aliphatic carbocycles. The maximum Gasteiger partial charge on any atom is 0.222 e. The summed E-state index contributed by atoms with van der Waals surface area (Å²) in [6.07, 6.45) is 0.497. The van der Waals surface area contributed by atoms with E-state index < -0.39 is 5.60 Å². The van der Waals surface area contributed by atoms with Crippen molar-refractivity contribution >= 4 is 5.91 Å². The average Bonchev–Trinajstić information content (AvgIpc) is 2.71. The fraction of sp³-hybridized carbons (Fsp3) is 0.900. The van der Waals surface area contributed by atoms with E-state index in [0.717, 1.165) is 0 Å². The highest BCUT2D eigenvalue weighted by atomic mass is 16.5. The van der Waals surface area contributed by atoms with Crippen LogP contribution in [0.4, 0.5) is 0 Å². The summed E-state index contributed by atoms with van der Waals surface area (Å²) in [5.74, 6) is -0.169. The zero-order valence-corrected chi connectivity index (χ0v) is 9.57. The van der Waals surface area contributed by atoms with E-state index in [1.807, 2.05) is 0 Å². The van der Waals surface area contributed by atoms with Gasteiger partial charge in [0.1, 0.15) is 5.60 Å². The quantitative estimate of drug-likeness (QED) is 0.524. The second-order valence-corrected chi connectivity index (χ2v) is 4.10. The molecule has 0 aromatic rings. The minimum Gasteiger partial charge on any atom is -0.386 e. The lowest BCUT2D eigenvalue weighted by atomic mass is 10.0. The topological polar surface area (TPSA) is 93.8 Å². The molecule has 0 aromatic heterocycles. The molecule has 1 rings (SSSR count). The van der Waals surface area contributed by atoms with Crippen molar-refractivity contribution in [1.29, 1.82) is 0 Å². The van der Waals surface area contributed by atoms with Crippen LogP contribution >= 0.6 is 0 Å². The Morgan fingerprint density at radius 2 is 2.50 bits per heavy atom. The van der Waals surface area contributed by atoms with Gasteiger partial charge >= 0.3 is 0 Å². The van der Waals surface area contributed by atoms with Gasteiger partial charge in [-0.1, -0.05) is 0 Å². The molecule has 1 heterocycles. The number of methoxy groups -OCH3 is 1. The van der Waals surface area contributed by atoms with Gasteiger partial charge in [-0.15, -0.1) is 0 Å².